The van der Waals surface area contributed by atoms with Gasteiger partial charge in [-0.1, -0.05) is 13.0 Å². The average Bonchev–Trinajstić information content (AvgIpc) is 3.11. The summed E-state index contributed by atoms with van der Waals surface area (Å²) in [7, 11) is -3.57. The number of amides is 1. The second kappa shape index (κ2) is 6.23. The highest BCUT2D eigenvalue weighted by Crippen LogP contribution is 2.31. The van der Waals surface area contributed by atoms with Crippen molar-refractivity contribution < 1.29 is 17.6 Å². The third-order valence-electron chi connectivity index (χ3n) is 2.82. The molecule has 5 nitrogen and oxygen atoms in total. The van der Waals surface area contributed by atoms with E-state index < -0.39 is 15.1 Å². The highest BCUT2D eigenvalue weighted by atomic mass is 32.2. The summed E-state index contributed by atoms with van der Waals surface area (Å²) in [6.07, 6.45) is 1.73. The zero-order chi connectivity index (χ0) is 14.6. The van der Waals surface area contributed by atoms with Crippen LogP contribution < -0.4 is 5.32 Å². The zero-order valence-electron chi connectivity index (χ0n) is 10.9. The molecular formula is C13H15NO4S2. The van der Waals surface area contributed by atoms with Gasteiger partial charge in [-0.25, -0.2) is 8.42 Å². The minimum absolute atomic E-state index is 0.000417. The molecule has 0 saturated heterocycles. The van der Waals surface area contributed by atoms with Crippen LogP contribution in [0, 0.1) is 0 Å². The summed E-state index contributed by atoms with van der Waals surface area (Å²) >= 11 is 1.15. The summed E-state index contributed by atoms with van der Waals surface area (Å²) in [5.41, 5.74) is 0. The minimum Gasteiger partial charge on any atom is -0.468 e. The van der Waals surface area contributed by atoms with Gasteiger partial charge in [-0.2, -0.15) is 0 Å². The molecule has 0 bridgehead atoms. The second-order valence-electron chi connectivity index (χ2n) is 4.14. The Hall–Kier alpha value is -1.60. The highest BCUT2D eigenvalue weighted by Gasteiger charge is 2.32. The van der Waals surface area contributed by atoms with Crippen molar-refractivity contribution in [2.75, 3.05) is 6.54 Å². The summed E-state index contributed by atoms with van der Waals surface area (Å²) in [5.74, 6) is 0.137. The van der Waals surface area contributed by atoms with Crippen molar-refractivity contribution in [2.24, 2.45) is 0 Å². The van der Waals surface area contributed by atoms with E-state index in [2.05, 4.69) is 5.32 Å². The number of rotatable bonds is 6. The lowest BCUT2D eigenvalue weighted by Gasteiger charge is -2.15. The van der Waals surface area contributed by atoms with Gasteiger partial charge in [-0.05, 0) is 23.6 Å². The number of carbonyl (C=O) groups excluding carboxylic acids is 1. The van der Waals surface area contributed by atoms with E-state index in [1.54, 1.807) is 36.6 Å². The number of furan rings is 1. The fourth-order valence-corrected chi connectivity index (χ4v) is 4.53. The van der Waals surface area contributed by atoms with Crippen LogP contribution in [-0.2, 0) is 14.6 Å². The van der Waals surface area contributed by atoms with Gasteiger partial charge in [0.2, 0.25) is 5.91 Å². The first kappa shape index (κ1) is 14.8. The van der Waals surface area contributed by atoms with Crippen LogP contribution >= 0.6 is 11.3 Å². The van der Waals surface area contributed by atoms with Gasteiger partial charge in [-0.3, -0.25) is 4.79 Å². The molecule has 0 radical (unpaired) electrons. The van der Waals surface area contributed by atoms with Crippen molar-refractivity contribution in [3.63, 3.8) is 0 Å². The largest absolute Gasteiger partial charge is 0.468 e. The predicted octanol–water partition coefficient (Wildman–Crippen LogP) is 2.38. The molecule has 108 valence electrons. The summed E-state index contributed by atoms with van der Waals surface area (Å²) in [4.78, 5) is 11.4. The van der Waals surface area contributed by atoms with Crippen LogP contribution in [0.5, 0.6) is 0 Å². The van der Waals surface area contributed by atoms with Crippen molar-refractivity contribution in [2.45, 2.75) is 22.8 Å². The molecule has 1 amide bonds. The molecule has 0 spiro atoms. The molecule has 2 aromatic heterocycles. The second-order valence-corrected chi connectivity index (χ2v) is 7.44. The number of hydrogen-bond donors (Lipinski definition) is 1. The van der Waals surface area contributed by atoms with Crippen LogP contribution in [0.2, 0.25) is 0 Å². The first-order valence-corrected chi connectivity index (χ1v) is 8.55. The molecule has 1 N–H and O–H groups in total. The summed E-state index contributed by atoms with van der Waals surface area (Å²) < 4.78 is 30.7. The van der Waals surface area contributed by atoms with Gasteiger partial charge in [-0.15, -0.1) is 11.3 Å². The molecule has 0 aliphatic carbocycles. The number of hydrogen-bond acceptors (Lipinski definition) is 5. The van der Waals surface area contributed by atoms with Gasteiger partial charge in [0.25, 0.3) is 0 Å². The monoisotopic (exact) mass is 313 g/mol. The Morgan fingerprint density at radius 2 is 2.20 bits per heavy atom. The molecular weight excluding hydrogens is 298 g/mol. The van der Waals surface area contributed by atoms with Crippen LogP contribution in [0.1, 0.15) is 24.4 Å². The van der Waals surface area contributed by atoms with E-state index in [0.29, 0.717) is 12.2 Å². The normalized spacial score (nSPS) is 13.1. The van der Waals surface area contributed by atoms with E-state index in [9.17, 15) is 13.2 Å². The van der Waals surface area contributed by atoms with Crippen molar-refractivity contribution in [1.82, 2.24) is 5.32 Å². The first-order chi connectivity index (χ1) is 9.55. The average molecular weight is 313 g/mol. The van der Waals surface area contributed by atoms with Crippen molar-refractivity contribution in [1.29, 1.82) is 0 Å². The van der Waals surface area contributed by atoms with Gasteiger partial charge in [0, 0.05) is 13.0 Å². The number of sulfone groups is 1. The van der Waals surface area contributed by atoms with Gasteiger partial charge >= 0.3 is 0 Å². The molecule has 0 fully saturated rings. The third-order valence-corrected chi connectivity index (χ3v) is 6.31. The van der Waals surface area contributed by atoms with Crippen LogP contribution in [-0.4, -0.2) is 20.9 Å². The highest BCUT2D eigenvalue weighted by molar-refractivity contribution is 7.93. The fourth-order valence-electron chi connectivity index (χ4n) is 1.73. The molecule has 20 heavy (non-hydrogen) atoms. The van der Waals surface area contributed by atoms with E-state index in [4.69, 9.17) is 4.42 Å². The maximum absolute atomic E-state index is 12.6. The van der Waals surface area contributed by atoms with E-state index >= 15 is 0 Å². The molecule has 1 atom stereocenters. The van der Waals surface area contributed by atoms with Crippen LogP contribution in [0.3, 0.4) is 0 Å². The fraction of sp³-hybridized carbons (Fsp3) is 0.308. The van der Waals surface area contributed by atoms with E-state index in [1.165, 1.54) is 6.26 Å². The van der Waals surface area contributed by atoms with Gasteiger partial charge in [0.05, 0.1) is 6.26 Å². The van der Waals surface area contributed by atoms with Crippen molar-refractivity contribution in [3.05, 3.63) is 41.7 Å². The number of carbonyl (C=O) groups is 1. The smallest absolute Gasteiger partial charge is 0.219 e. The lowest BCUT2D eigenvalue weighted by atomic mass is 10.3. The molecule has 0 aliphatic rings. The Labute approximate surface area is 121 Å². The molecule has 2 aromatic rings. The quantitative estimate of drug-likeness (QED) is 0.888. The molecule has 0 saturated carbocycles. The number of thiophene rings is 1. The van der Waals surface area contributed by atoms with Gasteiger partial charge < -0.3 is 9.73 Å². The topological polar surface area (TPSA) is 76.4 Å². The third kappa shape index (κ3) is 3.10. The lowest BCUT2D eigenvalue weighted by Crippen LogP contribution is -2.31. The predicted molar refractivity (Wildman–Crippen MR) is 76.3 cm³/mol. The Morgan fingerprint density at radius 1 is 1.40 bits per heavy atom. The lowest BCUT2D eigenvalue weighted by molar-refractivity contribution is -0.120. The molecule has 0 unspecified atom stereocenters. The SMILES string of the molecule is CCC(=O)NC[C@@H](c1ccco1)S(=O)(=O)c1cccs1. The summed E-state index contributed by atoms with van der Waals surface area (Å²) in [6, 6.07) is 6.47. The van der Waals surface area contributed by atoms with Gasteiger partial charge in [0.15, 0.2) is 9.84 Å². The Morgan fingerprint density at radius 3 is 2.75 bits per heavy atom. The van der Waals surface area contributed by atoms with Crippen LogP contribution in [0.15, 0.2) is 44.5 Å². The molecule has 0 aromatic carbocycles. The molecule has 2 rings (SSSR count). The summed E-state index contributed by atoms with van der Waals surface area (Å²) in [6.45, 7) is 1.71. The standard InChI is InChI=1S/C13H15NO4S2/c1-2-12(15)14-9-11(10-5-3-7-18-10)20(16,17)13-6-4-8-19-13/h3-8,11H,2,9H2,1H3,(H,14,15)/t11-/m0/s1. The van der Waals surface area contributed by atoms with E-state index in [1.807, 2.05) is 0 Å². The zero-order valence-corrected chi connectivity index (χ0v) is 12.5. The molecule has 0 aliphatic heterocycles. The van der Waals surface area contributed by atoms with Crippen molar-refractivity contribution in [3.8, 4) is 0 Å². The molecule has 7 heteroatoms. The first-order valence-electron chi connectivity index (χ1n) is 6.13. The minimum atomic E-state index is -3.57. The Bertz CT molecular complexity index is 645. The van der Waals surface area contributed by atoms with Crippen LogP contribution in [0.25, 0.3) is 0 Å². The Kier molecular flexibility index (Phi) is 4.61. The maximum Gasteiger partial charge on any atom is 0.219 e. The van der Waals surface area contributed by atoms with Gasteiger partial charge in [0.1, 0.15) is 15.2 Å². The van der Waals surface area contributed by atoms with Crippen LogP contribution in [0.4, 0.5) is 0 Å². The Balaban J connectivity index is 2.30. The number of nitrogens with one attached hydrogen (secondary N) is 1. The van der Waals surface area contributed by atoms with E-state index in [-0.39, 0.29) is 16.7 Å². The van der Waals surface area contributed by atoms with Crippen molar-refractivity contribution >= 4 is 27.1 Å². The maximum atomic E-state index is 12.6. The van der Waals surface area contributed by atoms with E-state index in [0.717, 1.165) is 11.3 Å². The molecule has 2 heterocycles. The summed E-state index contributed by atoms with van der Waals surface area (Å²) in [5, 5.41) is 3.41.